The number of nitrogens with two attached hydrogens (primary N) is 1. The van der Waals surface area contributed by atoms with Gasteiger partial charge in [0, 0.05) is 13.7 Å². The molecule has 0 aromatic rings. The Hall–Kier alpha value is -0.120. The van der Waals surface area contributed by atoms with E-state index >= 15 is 0 Å². The zero-order valence-corrected chi connectivity index (χ0v) is 10.8. The smallest absolute Gasteiger partial charge is 0.0667 e. The number of hydrogen-bond acceptors (Lipinski definition) is 3. The van der Waals surface area contributed by atoms with Crippen molar-refractivity contribution < 1.29 is 4.74 Å². The monoisotopic (exact) mass is 216 g/mol. The van der Waals surface area contributed by atoms with Crippen LogP contribution < -0.4 is 11.1 Å². The summed E-state index contributed by atoms with van der Waals surface area (Å²) in [7, 11) is 1.74. The van der Waals surface area contributed by atoms with Crippen molar-refractivity contribution in [1.29, 1.82) is 0 Å². The average Bonchev–Trinajstić information content (AvgIpc) is 2.21. The Labute approximate surface area is 94.8 Å². The van der Waals surface area contributed by atoms with Crippen molar-refractivity contribution in [2.24, 2.45) is 17.6 Å². The second kappa shape index (κ2) is 9.13. The van der Waals surface area contributed by atoms with Crippen molar-refractivity contribution in [3.8, 4) is 0 Å². The molecule has 0 saturated heterocycles. The van der Waals surface area contributed by atoms with Crippen LogP contribution in [0.1, 0.15) is 33.6 Å². The molecule has 92 valence electrons. The molecule has 2 atom stereocenters. The van der Waals surface area contributed by atoms with Crippen LogP contribution in [0.4, 0.5) is 0 Å². The Morgan fingerprint density at radius 2 is 1.93 bits per heavy atom. The minimum absolute atomic E-state index is 0.298. The van der Waals surface area contributed by atoms with Crippen LogP contribution in [0.15, 0.2) is 0 Å². The lowest BCUT2D eigenvalue weighted by Gasteiger charge is -2.18. The molecular formula is C12H28N2O. The predicted molar refractivity (Wildman–Crippen MR) is 66.0 cm³/mol. The maximum absolute atomic E-state index is 5.74. The first kappa shape index (κ1) is 14.9. The average molecular weight is 216 g/mol. The SMILES string of the molecule is COC(C)CNCCC(CN)CC(C)C. The lowest BCUT2D eigenvalue weighted by atomic mass is 9.94. The minimum atomic E-state index is 0.298. The van der Waals surface area contributed by atoms with E-state index in [1.165, 1.54) is 12.8 Å². The second-order valence-electron chi connectivity index (χ2n) is 4.77. The van der Waals surface area contributed by atoms with Crippen molar-refractivity contribution in [2.75, 3.05) is 26.7 Å². The summed E-state index contributed by atoms with van der Waals surface area (Å²) in [5.41, 5.74) is 5.74. The number of ether oxygens (including phenoxy) is 1. The van der Waals surface area contributed by atoms with Gasteiger partial charge in [0.15, 0.2) is 0 Å². The van der Waals surface area contributed by atoms with Gasteiger partial charge in [-0.3, -0.25) is 0 Å². The summed E-state index contributed by atoms with van der Waals surface area (Å²) in [6.45, 7) is 9.35. The number of methoxy groups -OCH3 is 1. The largest absolute Gasteiger partial charge is 0.380 e. The molecule has 0 aromatic heterocycles. The number of rotatable bonds is 9. The molecule has 0 amide bonds. The molecule has 0 fully saturated rings. The van der Waals surface area contributed by atoms with Crippen LogP contribution in [0.5, 0.6) is 0 Å². The van der Waals surface area contributed by atoms with Crippen molar-refractivity contribution in [3.63, 3.8) is 0 Å². The molecule has 0 heterocycles. The van der Waals surface area contributed by atoms with Crippen molar-refractivity contribution in [1.82, 2.24) is 5.32 Å². The molecule has 3 N–H and O–H groups in total. The third-order valence-corrected chi connectivity index (χ3v) is 2.70. The summed E-state index contributed by atoms with van der Waals surface area (Å²) in [6, 6.07) is 0. The van der Waals surface area contributed by atoms with E-state index in [0.717, 1.165) is 25.6 Å². The molecule has 2 unspecified atom stereocenters. The van der Waals surface area contributed by atoms with Crippen LogP contribution in [0.3, 0.4) is 0 Å². The van der Waals surface area contributed by atoms with Gasteiger partial charge in [-0.1, -0.05) is 13.8 Å². The molecule has 0 aromatic carbocycles. The van der Waals surface area contributed by atoms with Gasteiger partial charge < -0.3 is 15.8 Å². The van der Waals surface area contributed by atoms with E-state index < -0.39 is 0 Å². The van der Waals surface area contributed by atoms with E-state index in [1.54, 1.807) is 7.11 Å². The zero-order valence-electron chi connectivity index (χ0n) is 10.8. The summed E-state index contributed by atoms with van der Waals surface area (Å²) in [5.74, 6) is 1.41. The summed E-state index contributed by atoms with van der Waals surface area (Å²) in [5, 5.41) is 3.39. The fraction of sp³-hybridized carbons (Fsp3) is 1.00. The van der Waals surface area contributed by atoms with Gasteiger partial charge in [-0.25, -0.2) is 0 Å². The first-order valence-corrected chi connectivity index (χ1v) is 6.03. The Kier molecular flexibility index (Phi) is 9.06. The van der Waals surface area contributed by atoms with Gasteiger partial charge in [-0.15, -0.1) is 0 Å². The highest BCUT2D eigenvalue weighted by atomic mass is 16.5. The summed E-state index contributed by atoms with van der Waals surface area (Å²) in [4.78, 5) is 0. The Bertz CT molecular complexity index is 140. The normalized spacial score (nSPS) is 15.6. The molecule has 3 heteroatoms. The molecule has 0 radical (unpaired) electrons. The second-order valence-corrected chi connectivity index (χ2v) is 4.77. The number of nitrogens with one attached hydrogen (secondary N) is 1. The van der Waals surface area contributed by atoms with Gasteiger partial charge in [-0.2, -0.15) is 0 Å². The van der Waals surface area contributed by atoms with Crippen LogP contribution in [0.25, 0.3) is 0 Å². The summed E-state index contributed by atoms with van der Waals surface area (Å²) >= 11 is 0. The molecule has 0 rings (SSSR count). The number of hydrogen-bond donors (Lipinski definition) is 2. The highest BCUT2D eigenvalue weighted by Crippen LogP contribution is 2.13. The molecule has 0 aliphatic rings. The Morgan fingerprint density at radius 3 is 2.40 bits per heavy atom. The fourth-order valence-electron chi connectivity index (χ4n) is 1.69. The minimum Gasteiger partial charge on any atom is -0.380 e. The van der Waals surface area contributed by atoms with Gasteiger partial charge >= 0.3 is 0 Å². The summed E-state index contributed by atoms with van der Waals surface area (Å²) < 4.78 is 5.16. The molecule has 0 saturated carbocycles. The van der Waals surface area contributed by atoms with E-state index in [4.69, 9.17) is 10.5 Å². The molecule has 0 aliphatic heterocycles. The first-order chi connectivity index (χ1) is 7.10. The van der Waals surface area contributed by atoms with Crippen LogP contribution in [-0.2, 0) is 4.74 Å². The van der Waals surface area contributed by atoms with Gasteiger partial charge in [0.05, 0.1) is 6.10 Å². The molecule has 15 heavy (non-hydrogen) atoms. The van der Waals surface area contributed by atoms with Crippen LogP contribution in [-0.4, -0.2) is 32.8 Å². The van der Waals surface area contributed by atoms with E-state index in [2.05, 4.69) is 26.1 Å². The lowest BCUT2D eigenvalue weighted by Crippen LogP contribution is -2.29. The van der Waals surface area contributed by atoms with Crippen molar-refractivity contribution in [3.05, 3.63) is 0 Å². The zero-order chi connectivity index (χ0) is 11.7. The third-order valence-electron chi connectivity index (χ3n) is 2.70. The van der Waals surface area contributed by atoms with E-state index in [0.29, 0.717) is 12.0 Å². The highest BCUT2D eigenvalue weighted by Gasteiger charge is 2.08. The predicted octanol–water partition coefficient (Wildman–Crippen LogP) is 1.62. The quantitative estimate of drug-likeness (QED) is 0.576. The van der Waals surface area contributed by atoms with E-state index in [1.807, 2.05) is 0 Å². The Morgan fingerprint density at radius 1 is 1.27 bits per heavy atom. The molecule has 0 aliphatic carbocycles. The third kappa shape index (κ3) is 8.85. The van der Waals surface area contributed by atoms with Crippen LogP contribution >= 0.6 is 0 Å². The van der Waals surface area contributed by atoms with E-state index in [9.17, 15) is 0 Å². The molecule has 0 bridgehead atoms. The van der Waals surface area contributed by atoms with Crippen LogP contribution in [0.2, 0.25) is 0 Å². The molecular weight excluding hydrogens is 188 g/mol. The van der Waals surface area contributed by atoms with Gasteiger partial charge in [0.25, 0.3) is 0 Å². The van der Waals surface area contributed by atoms with E-state index in [-0.39, 0.29) is 0 Å². The lowest BCUT2D eigenvalue weighted by molar-refractivity contribution is 0.117. The van der Waals surface area contributed by atoms with Crippen molar-refractivity contribution in [2.45, 2.75) is 39.7 Å². The highest BCUT2D eigenvalue weighted by molar-refractivity contribution is 4.64. The summed E-state index contributed by atoms with van der Waals surface area (Å²) in [6.07, 6.45) is 2.70. The maximum Gasteiger partial charge on any atom is 0.0667 e. The maximum atomic E-state index is 5.74. The first-order valence-electron chi connectivity index (χ1n) is 6.03. The molecule has 0 spiro atoms. The fourth-order valence-corrected chi connectivity index (χ4v) is 1.69. The van der Waals surface area contributed by atoms with Gasteiger partial charge in [0.1, 0.15) is 0 Å². The van der Waals surface area contributed by atoms with Crippen LogP contribution in [0, 0.1) is 11.8 Å². The molecule has 3 nitrogen and oxygen atoms in total. The standard InChI is InChI=1S/C12H28N2O/c1-10(2)7-12(8-13)5-6-14-9-11(3)15-4/h10-12,14H,5-9,13H2,1-4H3. The van der Waals surface area contributed by atoms with Crippen molar-refractivity contribution >= 4 is 0 Å². The topological polar surface area (TPSA) is 47.3 Å². The Balaban J connectivity index is 3.46. The van der Waals surface area contributed by atoms with Gasteiger partial charge in [0.2, 0.25) is 0 Å². The van der Waals surface area contributed by atoms with Gasteiger partial charge in [-0.05, 0) is 44.7 Å².